The van der Waals surface area contributed by atoms with Crippen LogP contribution in [0, 0.1) is 5.92 Å². The number of hydrogen-bond donors (Lipinski definition) is 2. The van der Waals surface area contributed by atoms with E-state index in [-0.39, 0.29) is 23.8 Å². The number of benzene rings is 1. The molecular weight excluding hydrogens is 326 g/mol. The number of nitrogens with one attached hydrogen (secondary N) is 1. The number of hydrogen-bond acceptors (Lipinski definition) is 3. The zero-order valence-electron chi connectivity index (χ0n) is 14.3. The molecule has 0 spiro atoms. The second kappa shape index (κ2) is 8.49. The van der Waals surface area contributed by atoms with Crippen LogP contribution in [0.4, 0.5) is 5.69 Å². The summed E-state index contributed by atoms with van der Waals surface area (Å²) in [5.41, 5.74) is 7.01. The molecule has 24 heavy (non-hydrogen) atoms. The molecule has 3 N–H and O–H groups in total. The fourth-order valence-corrected chi connectivity index (χ4v) is 3.42. The number of carbonyl (C=O) groups is 2. The molecule has 132 valence electrons. The highest BCUT2D eigenvalue weighted by molar-refractivity contribution is 6.34. The molecule has 0 radical (unpaired) electrons. The van der Waals surface area contributed by atoms with E-state index >= 15 is 0 Å². The summed E-state index contributed by atoms with van der Waals surface area (Å²) in [7, 11) is 0. The van der Waals surface area contributed by atoms with Gasteiger partial charge in [-0.2, -0.15) is 0 Å². The van der Waals surface area contributed by atoms with Crippen molar-refractivity contribution >= 4 is 29.1 Å². The van der Waals surface area contributed by atoms with E-state index in [1.807, 2.05) is 13.8 Å². The summed E-state index contributed by atoms with van der Waals surface area (Å²) in [5.74, 6) is -0.172. The van der Waals surface area contributed by atoms with Crippen molar-refractivity contribution in [2.45, 2.75) is 45.6 Å². The van der Waals surface area contributed by atoms with E-state index in [0.717, 1.165) is 25.7 Å². The van der Waals surface area contributed by atoms with E-state index in [4.69, 9.17) is 17.3 Å². The Morgan fingerprint density at radius 1 is 1.29 bits per heavy atom. The molecule has 6 heteroatoms. The van der Waals surface area contributed by atoms with Gasteiger partial charge >= 0.3 is 0 Å². The van der Waals surface area contributed by atoms with Crippen molar-refractivity contribution in [1.82, 2.24) is 4.90 Å². The maximum Gasteiger partial charge on any atom is 0.255 e. The lowest BCUT2D eigenvalue weighted by Crippen LogP contribution is -2.34. The summed E-state index contributed by atoms with van der Waals surface area (Å²) in [6.07, 6.45) is 3.55. The topological polar surface area (TPSA) is 75.4 Å². The van der Waals surface area contributed by atoms with Crippen molar-refractivity contribution in [2.24, 2.45) is 11.7 Å². The first-order chi connectivity index (χ1) is 11.5. The molecule has 0 heterocycles. The number of carbonyl (C=O) groups excluding carboxylic acids is 2. The predicted molar refractivity (Wildman–Crippen MR) is 97.3 cm³/mol. The van der Waals surface area contributed by atoms with Crippen LogP contribution in [0.15, 0.2) is 18.2 Å². The third-order valence-electron chi connectivity index (χ3n) is 4.60. The maximum atomic E-state index is 12.4. The first kappa shape index (κ1) is 18.7. The maximum absolute atomic E-state index is 12.4. The van der Waals surface area contributed by atoms with Gasteiger partial charge in [-0.1, -0.05) is 18.0 Å². The summed E-state index contributed by atoms with van der Waals surface area (Å²) in [5, 5.41) is 3.24. The van der Waals surface area contributed by atoms with Gasteiger partial charge in [-0.25, -0.2) is 0 Å². The first-order valence-electron chi connectivity index (χ1n) is 8.61. The largest absolute Gasteiger partial charge is 0.339 e. The fourth-order valence-electron chi connectivity index (χ4n) is 3.16. The van der Waals surface area contributed by atoms with Crippen molar-refractivity contribution in [3.8, 4) is 0 Å². The van der Waals surface area contributed by atoms with E-state index in [1.165, 1.54) is 0 Å². The summed E-state index contributed by atoms with van der Waals surface area (Å²) in [4.78, 5) is 26.5. The zero-order chi connectivity index (χ0) is 17.7. The fraction of sp³-hybridized carbons (Fsp3) is 0.556. The van der Waals surface area contributed by atoms with Crippen LogP contribution in [0.1, 0.15) is 49.9 Å². The van der Waals surface area contributed by atoms with Gasteiger partial charge in [-0.3, -0.25) is 9.59 Å². The Morgan fingerprint density at radius 2 is 2.00 bits per heavy atom. The van der Waals surface area contributed by atoms with Gasteiger partial charge in [0.15, 0.2) is 0 Å². The molecule has 1 aliphatic carbocycles. The van der Waals surface area contributed by atoms with Gasteiger partial charge in [0.25, 0.3) is 5.91 Å². The Hall–Kier alpha value is -1.59. The lowest BCUT2D eigenvalue weighted by Gasteiger charge is -2.25. The highest BCUT2D eigenvalue weighted by Crippen LogP contribution is 2.26. The Kier molecular flexibility index (Phi) is 6.63. The molecule has 1 saturated carbocycles. The minimum Gasteiger partial charge on any atom is -0.339 e. The molecule has 1 aromatic rings. The highest BCUT2D eigenvalue weighted by atomic mass is 35.5. The van der Waals surface area contributed by atoms with Crippen molar-refractivity contribution in [2.75, 3.05) is 18.4 Å². The van der Waals surface area contributed by atoms with Crippen LogP contribution in [0.25, 0.3) is 0 Å². The van der Waals surface area contributed by atoms with E-state index < -0.39 is 0 Å². The molecular formula is C18H26ClN3O2. The molecule has 1 aromatic carbocycles. The summed E-state index contributed by atoms with van der Waals surface area (Å²) in [6.45, 7) is 5.12. The Balaban J connectivity index is 2.06. The van der Waals surface area contributed by atoms with Gasteiger partial charge in [0.1, 0.15) is 0 Å². The molecule has 0 aliphatic heterocycles. The van der Waals surface area contributed by atoms with Crippen LogP contribution < -0.4 is 11.1 Å². The van der Waals surface area contributed by atoms with Crippen molar-refractivity contribution in [1.29, 1.82) is 0 Å². The van der Waals surface area contributed by atoms with E-state index in [9.17, 15) is 9.59 Å². The number of amides is 2. The normalized spacial score (nSPS) is 20.5. The van der Waals surface area contributed by atoms with E-state index in [0.29, 0.717) is 29.4 Å². The number of anilines is 1. The summed E-state index contributed by atoms with van der Waals surface area (Å²) >= 11 is 6.26. The van der Waals surface area contributed by atoms with E-state index in [2.05, 4.69) is 5.32 Å². The monoisotopic (exact) mass is 351 g/mol. The van der Waals surface area contributed by atoms with Crippen LogP contribution >= 0.6 is 11.6 Å². The van der Waals surface area contributed by atoms with Gasteiger partial charge in [0, 0.05) is 30.7 Å². The minimum absolute atomic E-state index is 0.0240. The quantitative estimate of drug-likeness (QED) is 0.854. The van der Waals surface area contributed by atoms with Gasteiger partial charge in [0.2, 0.25) is 5.91 Å². The molecule has 2 unspecified atom stereocenters. The lowest BCUT2D eigenvalue weighted by atomic mass is 9.85. The second-order valence-electron chi connectivity index (χ2n) is 6.28. The molecule has 0 saturated heterocycles. The van der Waals surface area contributed by atoms with Crippen LogP contribution in [-0.2, 0) is 4.79 Å². The van der Waals surface area contributed by atoms with Crippen molar-refractivity contribution in [3.63, 3.8) is 0 Å². The second-order valence-corrected chi connectivity index (χ2v) is 6.69. The summed E-state index contributed by atoms with van der Waals surface area (Å²) in [6, 6.07) is 5.14. The average Bonchev–Trinajstić information content (AvgIpc) is 2.56. The lowest BCUT2D eigenvalue weighted by molar-refractivity contribution is -0.120. The van der Waals surface area contributed by atoms with Crippen LogP contribution in [0.3, 0.4) is 0 Å². The van der Waals surface area contributed by atoms with Gasteiger partial charge in [0.05, 0.1) is 10.6 Å². The van der Waals surface area contributed by atoms with Crippen molar-refractivity contribution in [3.05, 3.63) is 28.8 Å². The third-order valence-corrected chi connectivity index (χ3v) is 4.92. The highest BCUT2D eigenvalue weighted by Gasteiger charge is 2.25. The standard InChI is InChI=1S/C18H26ClN3O2/c1-3-22(4-2)18(24)15-9-8-14(11-16(15)19)21-17(23)12-6-5-7-13(20)10-12/h8-9,11-13H,3-7,10,20H2,1-2H3,(H,21,23). The molecule has 5 nitrogen and oxygen atoms in total. The Labute approximate surface area is 148 Å². The minimum atomic E-state index is -0.0962. The SMILES string of the molecule is CCN(CC)C(=O)c1ccc(NC(=O)C2CCCC(N)C2)cc1Cl. The molecule has 2 amide bonds. The van der Waals surface area contributed by atoms with E-state index in [1.54, 1.807) is 23.1 Å². The first-order valence-corrected chi connectivity index (χ1v) is 8.99. The Bertz CT molecular complexity index is 602. The summed E-state index contributed by atoms with van der Waals surface area (Å²) < 4.78 is 0. The van der Waals surface area contributed by atoms with Crippen molar-refractivity contribution < 1.29 is 9.59 Å². The van der Waals surface area contributed by atoms with Crippen LogP contribution in [0.5, 0.6) is 0 Å². The smallest absolute Gasteiger partial charge is 0.255 e. The number of halogens is 1. The molecule has 0 bridgehead atoms. The third kappa shape index (κ3) is 4.48. The number of rotatable bonds is 5. The molecule has 1 aliphatic rings. The van der Waals surface area contributed by atoms with Crippen LogP contribution in [0.2, 0.25) is 5.02 Å². The zero-order valence-corrected chi connectivity index (χ0v) is 15.1. The molecule has 2 atom stereocenters. The van der Waals surface area contributed by atoms with Crippen LogP contribution in [-0.4, -0.2) is 35.8 Å². The molecule has 0 aromatic heterocycles. The average molecular weight is 352 g/mol. The van der Waals surface area contributed by atoms with Gasteiger partial charge in [-0.05, 0) is 51.3 Å². The van der Waals surface area contributed by atoms with Gasteiger partial charge in [-0.15, -0.1) is 0 Å². The Morgan fingerprint density at radius 3 is 2.58 bits per heavy atom. The van der Waals surface area contributed by atoms with Gasteiger partial charge < -0.3 is 16.0 Å². The number of nitrogens with zero attached hydrogens (tertiary/aromatic N) is 1. The molecule has 1 fully saturated rings. The predicted octanol–water partition coefficient (Wildman–Crippen LogP) is 3.28. The number of nitrogens with two attached hydrogens (primary N) is 1. The molecule has 2 rings (SSSR count).